The Labute approximate surface area is 140 Å². The van der Waals surface area contributed by atoms with E-state index < -0.39 is 0 Å². The highest BCUT2D eigenvalue weighted by Gasteiger charge is 2.17. The second-order valence-electron chi connectivity index (χ2n) is 5.37. The number of nitrogens with one attached hydrogen (secondary N) is 1. The number of guanidine groups is 1. The quantitative estimate of drug-likeness (QED) is 0.644. The molecule has 0 bridgehead atoms. The number of aryl methyl sites for hydroxylation is 1. The third-order valence-corrected chi connectivity index (χ3v) is 3.68. The van der Waals surface area contributed by atoms with Gasteiger partial charge in [0.1, 0.15) is 18.1 Å². The van der Waals surface area contributed by atoms with Crippen molar-refractivity contribution in [1.82, 2.24) is 5.32 Å². The van der Waals surface area contributed by atoms with E-state index in [9.17, 15) is 9.90 Å². The Bertz CT molecular complexity index is 745. The number of carbonyl (C=O) groups is 1. The minimum atomic E-state index is -0.124. The molecule has 7 nitrogen and oxygen atoms in total. The molecule has 0 spiro atoms. The van der Waals surface area contributed by atoms with Crippen molar-refractivity contribution in [3.63, 3.8) is 0 Å². The molecule has 0 fully saturated rings. The number of hydrogen-bond donors (Lipinski definition) is 4. The van der Waals surface area contributed by atoms with Crippen LogP contribution in [-0.2, 0) is 6.42 Å². The minimum absolute atomic E-state index is 0.0108. The van der Waals surface area contributed by atoms with Crippen LogP contribution < -0.4 is 16.8 Å². The Morgan fingerprint density at radius 2 is 2.00 bits per heavy atom. The van der Waals surface area contributed by atoms with Crippen molar-refractivity contribution in [2.24, 2.45) is 21.5 Å². The fraction of sp³-hybridized carbons (Fsp3) is 0.235. The minimum Gasteiger partial charge on any atom is -0.510 e. The first-order valence-electron chi connectivity index (χ1n) is 7.48. The molecule has 0 aliphatic carbocycles. The van der Waals surface area contributed by atoms with Gasteiger partial charge in [0.15, 0.2) is 0 Å². The first-order valence-corrected chi connectivity index (χ1v) is 7.48. The van der Waals surface area contributed by atoms with E-state index >= 15 is 0 Å². The lowest BCUT2D eigenvalue weighted by Crippen LogP contribution is -2.21. The molecule has 0 unspecified atom stereocenters. The second-order valence-corrected chi connectivity index (χ2v) is 5.37. The molecule has 1 aromatic carbocycles. The smallest absolute Gasteiger partial charge is 0.251 e. The second kappa shape index (κ2) is 7.45. The Morgan fingerprint density at radius 3 is 2.62 bits per heavy atom. The molecule has 1 aliphatic rings. The zero-order valence-electron chi connectivity index (χ0n) is 13.5. The average molecular weight is 327 g/mol. The first kappa shape index (κ1) is 17.3. The standard InChI is InChI=1S/C17H21N5O2/c1-10(14-13(23)9-21-17(19)22-15(14)18)3-4-11-5-7-12(8-6-11)16(24)20-2/h5-8,23H,1,3-4,9H2,2H3,(H,20,24)(H4,18,19,21,22). The third-order valence-electron chi connectivity index (χ3n) is 3.68. The largest absolute Gasteiger partial charge is 0.510 e. The van der Waals surface area contributed by atoms with Crippen LogP contribution in [0.15, 0.2) is 57.7 Å². The lowest BCUT2D eigenvalue weighted by molar-refractivity contribution is 0.0963. The van der Waals surface area contributed by atoms with Gasteiger partial charge in [0.25, 0.3) is 5.91 Å². The summed E-state index contributed by atoms with van der Waals surface area (Å²) >= 11 is 0. The highest BCUT2D eigenvalue weighted by Crippen LogP contribution is 2.20. The first-order chi connectivity index (χ1) is 11.4. The van der Waals surface area contributed by atoms with E-state index in [1.165, 1.54) is 0 Å². The molecule has 0 atom stereocenters. The number of amides is 1. The molecule has 1 aliphatic heterocycles. The van der Waals surface area contributed by atoms with Gasteiger partial charge in [-0.1, -0.05) is 18.7 Å². The summed E-state index contributed by atoms with van der Waals surface area (Å²) in [5.41, 5.74) is 14.1. The molecule has 6 N–H and O–H groups in total. The van der Waals surface area contributed by atoms with Crippen LogP contribution in [0.2, 0.25) is 0 Å². The van der Waals surface area contributed by atoms with E-state index in [1.54, 1.807) is 19.2 Å². The van der Waals surface area contributed by atoms with Crippen LogP contribution in [0.5, 0.6) is 0 Å². The van der Waals surface area contributed by atoms with Crippen LogP contribution in [0, 0.1) is 0 Å². The molecule has 0 saturated carbocycles. The van der Waals surface area contributed by atoms with Gasteiger partial charge >= 0.3 is 0 Å². The number of hydrogen-bond acceptors (Lipinski definition) is 6. The van der Waals surface area contributed by atoms with Gasteiger partial charge in [0, 0.05) is 12.6 Å². The van der Waals surface area contributed by atoms with Crippen LogP contribution in [-0.4, -0.2) is 36.4 Å². The number of amidine groups is 1. The topological polar surface area (TPSA) is 126 Å². The number of aliphatic hydroxyl groups is 1. The maximum atomic E-state index is 11.5. The predicted molar refractivity (Wildman–Crippen MR) is 95.1 cm³/mol. The van der Waals surface area contributed by atoms with Gasteiger partial charge in [-0.15, -0.1) is 0 Å². The molecule has 1 heterocycles. The number of nitrogens with zero attached hydrogens (tertiary/aromatic N) is 2. The van der Waals surface area contributed by atoms with E-state index in [4.69, 9.17) is 11.5 Å². The zero-order valence-corrected chi connectivity index (χ0v) is 13.5. The summed E-state index contributed by atoms with van der Waals surface area (Å²) in [6.45, 7) is 4.02. The van der Waals surface area contributed by atoms with Gasteiger partial charge < -0.3 is 21.9 Å². The molecular weight excluding hydrogens is 306 g/mol. The molecule has 0 radical (unpaired) electrons. The van der Waals surface area contributed by atoms with Gasteiger partial charge in [-0.3, -0.25) is 4.79 Å². The van der Waals surface area contributed by atoms with Gasteiger partial charge in [0.2, 0.25) is 5.96 Å². The third kappa shape index (κ3) is 4.01. The summed E-state index contributed by atoms with van der Waals surface area (Å²) in [6, 6.07) is 7.31. The van der Waals surface area contributed by atoms with E-state index in [2.05, 4.69) is 21.9 Å². The Kier molecular flexibility index (Phi) is 5.36. The van der Waals surface area contributed by atoms with E-state index in [-0.39, 0.29) is 30.0 Å². The van der Waals surface area contributed by atoms with Crippen molar-refractivity contribution in [3.05, 3.63) is 58.9 Å². The number of carbonyl (C=O) groups excluding carboxylic acids is 1. The average Bonchev–Trinajstić information content (AvgIpc) is 2.70. The summed E-state index contributed by atoms with van der Waals surface area (Å²) in [5.74, 6) is 0.0376. The van der Waals surface area contributed by atoms with Crippen LogP contribution in [0.4, 0.5) is 0 Å². The van der Waals surface area contributed by atoms with Crippen LogP contribution in [0.25, 0.3) is 0 Å². The maximum absolute atomic E-state index is 11.5. The highest BCUT2D eigenvalue weighted by molar-refractivity contribution is 6.07. The van der Waals surface area contributed by atoms with E-state index in [0.717, 1.165) is 5.56 Å². The molecule has 1 amide bonds. The molecule has 24 heavy (non-hydrogen) atoms. The normalized spacial score (nSPS) is 14.5. The van der Waals surface area contributed by atoms with Gasteiger partial charge in [-0.25, -0.2) is 4.99 Å². The summed E-state index contributed by atoms with van der Waals surface area (Å²) in [6.07, 6.45) is 1.27. The van der Waals surface area contributed by atoms with Crippen LogP contribution in [0.3, 0.4) is 0 Å². The molecule has 1 aromatic rings. The fourth-order valence-electron chi connectivity index (χ4n) is 2.37. The summed E-state index contributed by atoms with van der Waals surface area (Å²) in [7, 11) is 1.59. The Morgan fingerprint density at radius 1 is 1.33 bits per heavy atom. The molecule has 0 saturated heterocycles. The molecule has 0 aromatic heterocycles. The Balaban J connectivity index is 2.05. The summed E-state index contributed by atoms with van der Waals surface area (Å²) in [4.78, 5) is 19.3. The summed E-state index contributed by atoms with van der Waals surface area (Å²) in [5, 5.41) is 12.7. The van der Waals surface area contributed by atoms with Crippen molar-refractivity contribution >= 4 is 17.7 Å². The van der Waals surface area contributed by atoms with Crippen molar-refractivity contribution in [1.29, 1.82) is 0 Å². The van der Waals surface area contributed by atoms with Crippen molar-refractivity contribution < 1.29 is 9.90 Å². The van der Waals surface area contributed by atoms with Crippen molar-refractivity contribution in [2.75, 3.05) is 13.6 Å². The molecule has 2 rings (SSSR count). The highest BCUT2D eigenvalue weighted by atomic mass is 16.3. The number of benzene rings is 1. The van der Waals surface area contributed by atoms with Crippen molar-refractivity contribution in [2.45, 2.75) is 12.8 Å². The number of nitrogens with two attached hydrogens (primary N) is 2. The van der Waals surface area contributed by atoms with E-state index in [1.807, 2.05) is 12.1 Å². The number of aliphatic imine (C=N–C) groups is 2. The number of rotatable bonds is 5. The molecule has 7 heteroatoms. The van der Waals surface area contributed by atoms with Gasteiger partial charge in [0.05, 0.1) is 5.57 Å². The SMILES string of the molecule is C=C(CCc1ccc(C(=O)NC)cc1)C1=C(O)CN=C(N)N=C1N. The zero-order chi connectivity index (χ0) is 17.7. The van der Waals surface area contributed by atoms with E-state index in [0.29, 0.717) is 29.6 Å². The lowest BCUT2D eigenvalue weighted by Gasteiger charge is -2.11. The number of aliphatic hydroxyl groups excluding tert-OH is 1. The predicted octanol–water partition coefficient (Wildman–Crippen LogP) is 1.03. The monoisotopic (exact) mass is 327 g/mol. The summed E-state index contributed by atoms with van der Waals surface area (Å²) < 4.78 is 0. The van der Waals surface area contributed by atoms with Gasteiger partial charge in [-0.2, -0.15) is 4.99 Å². The molecule has 126 valence electrons. The molecular formula is C17H21N5O2. The van der Waals surface area contributed by atoms with Crippen molar-refractivity contribution in [3.8, 4) is 0 Å². The Hall–Kier alpha value is -3.09. The lowest BCUT2D eigenvalue weighted by atomic mass is 9.97. The maximum Gasteiger partial charge on any atom is 0.251 e. The van der Waals surface area contributed by atoms with Gasteiger partial charge in [-0.05, 0) is 36.1 Å². The fourth-order valence-corrected chi connectivity index (χ4v) is 2.37. The van der Waals surface area contributed by atoms with Crippen LogP contribution >= 0.6 is 0 Å². The van der Waals surface area contributed by atoms with Crippen LogP contribution in [0.1, 0.15) is 22.3 Å².